The van der Waals surface area contributed by atoms with Crippen LogP contribution in [-0.2, 0) is 4.79 Å². The summed E-state index contributed by atoms with van der Waals surface area (Å²) in [6.07, 6.45) is 7.28. The highest BCUT2D eigenvalue weighted by atomic mass is 16.5. The second-order valence-electron chi connectivity index (χ2n) is 6.76. The zero-order chi connectivity index (χ0) is 13.7. The molecule has 0 aromatic carbocycles. The van der Waals surface area contributed by atoms with E-state index in [-0.39, 0.29) is 6.04 Å². The number of hydrogen-bond donors (Lipinski definition) is 0. The van der Waals surface area contributed by atoms with E-state index in [1.54, 1.807) is 0 Å². The summed E-state index contributed by atoms with van der Waals surface area (Å²) >= 11 is 0. The number of carbonyl (C=O) groups is 1. The molecule has 4 nitrogen and oxygen atoms in total. The maximum absolute atomic E-state index is 12.7. The smallest absolute Gasteiger partial charge is 0.226 e. The molecule has 4 heteroatoms. The molecule has 3 atom stereocenters. The Labute approximate surface area is 119 Å². The number of likely N-dealkylation sites (tertiary alicyclic amines) is 1. The second-order valence-corrected chi connectivity index (χ2v) is 6.76. The number of hydrogen-bond acceptors (Lipinski definition) is 3. The van der Waals surface area contributed by atoms with E-state index in [4.69, 9.17) is 4.52 Å². The molecule has 1 saturated heterocycles. The molecule has 3 fully saturated rings. The second kappa shape index (κ2) is 4.61. The van der Waals surface area contributed by atoms with Crippen molar-refractivity contribution in [2.45, 2.75) is 51.5 Å². The molecule has 20 heavy (non-hydrogen) atoms. The van der Waals surface area contributed by atoms with Gasteiger partial charge >= 0.3 is 0 Å². The molecule has 3 aliphatic rings. The van der Waals surface area contributed by atoms with E-state index < -0.39 is 0 Å². The summed E-state index contributed by atoms with van der Waals surface area (Å²) < 4.78 is 5.39. The first-order valence-corrected chi connectivity index (χ1v) is 7.98. The Balaban J connectivity index is 1.45. The van der Waals surface area contributed by atoms with Gasteiger partial charge in [-0.1, -0.05) is 24.4 Å². The first kappa shape index (κ1) is 12.4. The molecule has 4 rings (SSSR count). The number of nitrogens with zero attached hydrogens (tertiary/aromatic N) is 2. The van der Waals surface area contributed by atoms with Gasteiger partial charge in [-0.2, -0.15) is 0 Å². The van der Waals surface area contributed by atoms with Crippen LogP contribution in [0.25, 0.3) is 0 Å². The van der Waals surface area contributed by atoms with Gasteiger partial charge in [0.1, 0.15) is 0 Å². The Morgan fingerprint density at radius 2 is 2.20 bits per heavy atom. The molecule has 0 N–H and O–H groups in total. The molecule has 0 bridgehead atoms. The van der Waals surface area contributed by atoms with Crippen molar-refractivity contribution in [2.24, 2.45) is 17.8 Å². The van der Waals surface area contributed by atoms with E-state index in [1.807, 2.05) is 13.0 Å². The normalized spacial score (nSPS) is 33.2. The summed E-state index contributed by atoms with van der Waals surface area (Å²) in [7, 11) is 0. The van der Waals surface area contributed by atoms with Gasteiger partial charge in [0.05, 0.1) is 11.7 Å². The molecular formula is C16H22N2O2. The van der Waals surface area contributed by atoms with Gasteiger partial charge in [0, 0.05) is 18.5 Å². The van der Waals surface area contributed by atoms with Gasteiger partial charge < -0.3 is 9.42 Å². The highest BCUT2D eigenvalue weighted by Gasteiger charge is 2.51. The summed E-state index contributed by atoms with van der Waals surface area (Å²) in [5.41, 5.74) is 0.901. The van der Waals surface area contributed by atoms with Crippen LogP contribution in [0.15, 0.2) is 10.6 Å². The lowest BCUT2D eigenvalue weighted by Gasteiger charge is -2.27. The molecule has 1 aliphatic heterocycles. The third-order valence-corrected chi connectivity index (χ3v) is 5.42. The summed E-state index contributed by atoms with van der Waals surface area (Å²) in [6.45, 7) is 2.82. The van der Waals surface area contributed by atoms with Crippen molar-refractivity contribution in [3.05, 3.63) is 17.5 Å². The molecular weight excluding hydrogens is 252 g/mol. The average molecular weight is 274 g/mol. The Bertz CT molecular complexity index is 520. The lowest BCUT2D eigenvalue weighted by Crippen LogP contribution is -2.32. The lowest BCUT2D eigenvalue weighted by molar-refractivity contribution is -0.134. The highest BCUT2D eigenvalue weighted by Crippen LogP contribution is 2.53. The molecule has 0 spiro atoms. The van der Waals surface area contributed by atoms with Gasteiger partial charge in [0.25, 0.3) is 0 Å². The minimum atomic E-state index is 0.131. The van der Waals surface area contributed by atoms with Crippen LogP contribution in [0.4, 0.5) is 0 Å². The zero-order valence-corrected chi connectivity index (χ0v) is 12.0. The van der Waals surface area contributed by atoms with E-state index in [9.17, 15) is 4.79 Å². The molecule has 1 amide bonds. The van der Waals surface area contributed by atoms with Crippen LogP contribution in [0.1, 0.15) is 56.0 Å². The molecule has 2 aliphatic carbocycles. The van der Waals surface area contributed by atoms with Gasteiger partial charge in [-0.15, -0.1) is 0 Å². The first-order valence-electron chi connectivity index (χ1n) is 7.98. The third-order valence-electron chi connectivity index (χ3n) is 5.42. The summed E-state index contributed by atoms with van der Waals surface area (Å²) in [6, 6.07) is 2.11. The van der Waals surface area contributed by atoms with Gasteiger partial charge in [-0.3, -0.25) is 4.79 Å². The Morgan fingerprint density at radius 3 is 2.85 bits per heavy atom. The van der Waals surface area contributed by atoms with Crippen LogP contribution in [-0.4, -0.2) is 22.5 Å². The van der Waals surface area contributed by atoms with Gasteiger partial charge in [0.2, 0.25) is 5.91 Å². The maximum atomic E-state index is 12.7. The van der Waals surface area contributed by atoms with E-state index >= 15 is 0 Å². The average Bonchev–Trinajstić information content (AvgIpc) is 2.82. The van der Waals surface area contributed by atoms with E-state index in [0.29, 0.717) is 17.7 Å². The summed E-state index contributed by atoms with van der Waals surface area (Å²) in [5, 5.41) is 3.97. The molecule has 3 unspecified atom stereocenters. The summed E-state index contributed by atoms with van der Waals surface area (Å²) in [5.74, 6) is 3.09. The number of carbonyl (C=O) groups excluding carboxylic acids is 1. The molecule has 2 saturated carbocycles. The van der Waals surface area contributed by atoms with Crippen LogP contribution in [0.2, 0.25) is 0 Å². The van der Waals surface area contributed by atoms with Crippen LogP contribution in [0.5, 0.6) is 0 Å². The topological polar surface area (TPSA) is 46.3 Å². The Morgan fingerprint density at radius 1 is 1.35 bits per heavy atom. The largest absolute Gasteiger partial charge is 0.359 e. The fourth-order valence-corrected chi connectivity index (χ4v) is 3.97. The zero-order valence-electron chi connectivity index (χ0n) is 12.0. The SMILES string of the molecule is Cc1cc(C2CCCN2C(=O)C2CC2C2CCC2)on1. The third kappa shape index (κ3) is 1.97. The minimum absolute atomic E-state index is 0.131. The standard InChI is InChI=1S/C16H22N2O2/c1-10-8-15(20-17-10)14-6-3-7-18(14)16(19)13-9-12(13)11-4-2-5-11/h8,11-14H,2-7,9H2,1H3. The van der Waals surface area contributed by atoms with Crippen LogP contribution in [0, 0.1) is 24.7 Å². The van der Waals surface area contributed by atoms with Gasteiger partial charge in [0.15, 0.2) is 5.76 Å². The number of aromatic nitrogens is 1. The van der Waals surface area contributed by atoms with E-state index in [0.717, 1.165) is 43.2 Å². The van der Waals surface area contributed by atoms with Crippen molar-refractivity contribution >= 4 is 5.91 Å². The molecule has 108 valence electrons. The van der Waals surface area contributed by atoms with E-state index in [2.05, 4.69) is 10.1 Å². The maximum Gasteiger partial charge on any atom is 0.226 e. The molecule has 0 radical (unpaired) electrons. The molecule has 1 aromatic heterocycles. The van der Waals surface area contributed by atoms with Crippen molar-refractivity contribution in [2.75, 3.05) is 6.54 Å². The fraction of sp³-hybridized carbons (Fsp3) is 0.750. The molecule has 1 aromatic rings. The predicted octanol–water partition coefficient (Wildman–Crippen LogP) is 3.08. The van der Waals surface area contributed by atoms with E-state index in [1.165, 1.54) is 19.3 Å². The fourth-order valence-electron chi connectivity index (χ4n) is 3.97. The number of rotatable bonds is 3. The van der Waals surface area contributed by atoms with Crippen molar-refractivity contribution in [3.8, 4) is 0 Å². The van der Waals surface area contributed by atoms with Crippen molar-refractivity contribution < 1.29 is 9.32 Å². The number of aryl methyl sites for hydroxylation is 1. The Hall–Kier alpha value is -1.32. The lowest BCUT2D eigenvalue weighted by atomic mass is 9.81. The van der Waals surface area contributed by atoms with Crippen LogP contribution < -0.4 is 0 Å². The van der Waals surface area contributed by atoms with Gasteiger partial charge in [-0.05, 0) is 38.0 Å². The predicted molar refractivity (Wildman–Crippen MR) is 73.9 cm³/mol. The van der Waals surface area contributed by atoms with Crippen LogP contribution in [0.3, 0.4) is 0 Å². The minimum Gasteiger partial charge on any atom is -0.359 e. The first-order chi connectivity index (χ1) is 9.74. The number of amides is 1. The van der Waals surface area contributed by atoms with Crippen molar-refractivity contribution in [1.29, 1.82) is 0 Å². The summed E-state index contributed by atoms with van der Waals surface area (Å²) in [4.78, 5) is 14.8. The van der Waals surface area contributed by atoms with Gasteiger partial charge in [-0.25, -0.2) is 0 Å². The quantitative estimate of drug-likeness (QED) is 0.851. The Kier molecular flexibility index (Phi) is 2.86. The molecule has 2 heterocycles. The monoisotopic (exact) mass is 274 g/mol. The van der Waals surface area contributed by atoms with Crippen molar-refractivity contribution in [3.63, 3.8) is 0 Å². The highest BCUT2D eigenvalue weighted by molar-refractivity contribution is 5.82. The van der Waals surface area contributed by atoms with Crippen molar-refractivity contribution in [1.82, 2.24) is 10.1 Å². The van der Waals surface area contributed by atoms with Crippen LogP contribution >= 0.6 is 0 Å².